The van der Waals surface area contributed by atoms with Gasteiger partial charge in [0.1, 0.15) is 12.2 Å². The van der Waals surface area contributed by atoms with Crippen LogP contribution in [0.2, 0.25) is 0 Å². The second-order valence-corrected chi connectivity index (χ2v) is 4.85. The van der Waals surface area contributed by atoms with E-state index in [-0.39, 0.29) is 0 Å². The molecule has 0 aliphatic carbocycles. The van der Waals surface area contributed by atoms with Gasteiger partial charge in [0, 0.05) is 10.9 Å². The number of aromatic nitrogens is 2. The largest absolute Gasteiger partial charge is 0.257 e. The molecule has 0 saturated carbocycles. The molecular weight excluding hydrogens is 262 g/mol. The Labute approximate surface area is 121 Å². The Bertz CT molecular complexity index is 845. The molecular formula is C16H13N5. The first kappa shape index (κ1) is 12.0. The third-order valence-corrected chi connectivity index (χ3v) is 3.50. The molecule has 1 aromatic heterocycles. The number of benzene rings is 2. The maximum absolute atomic E-state index is 4.76. The molecule has 0 N–H and O–H groups in total. The van der Waals surface area contributed by atoms with Crippen molar-refractivity contribution in [3.63, 3.8) is 0 Å². The number of hydrogen-bond donors (Lipinski definition) is 0. The van der Waals surface area contributed by atoms with Crippen LogP contribution in [-0.2, 0) is 6.54 Å². The van der Waals surface area contributed by atoms with E-state index in [1.807, 2.05) is 35.0 Å². The van der Waals surface area contributed by atoms with E-state index in [0.717, 1.165) is 28.0 Å². The SMILES string of the molecule is c1ccc(-c2nn(CC3=NCN=N3)c3ccccc23)cc1. The fraction of sp³-hybridized carbons (Fsp3) is 0.125. The lowest BCUT2D eigenvalue weighted by Crippen LogP contribution is -2.08. The number of fused-ring (bicyclic) bond motifs is 1. The van der Waals surface area contributed by atoms with Crippen LogP contribution in [-0.4, -0.2) is 22.3 Å². The average molecular weight is 275 g/mol. The zero-order chi connectivity index (χ0) is 14.1. The van der Waals surface area contributed by atoms with Crippen LogP contribution in [0.4, 0.5) is 0 Å². The third-order valence-electron chi connectivity index (χ3n) is 3.50. The van der Waals surface area contributed by atoms with Crippen molar-refractivity contribution in [2.24, 2.45) is 15.2 Å². The number of rotatable bonds is 3. The fourth-order valence-corrected chi connectivity index (χ4v) is 2.53. The topological polar surface area (TPSA) is 54.9 Å². The summed E-state index contributed by atoms with van der Waals surface area (Å²) < 4.78 is 1.95. The first-order chi connectivity index (χ1) is 10.4. The number of aliphatic imine (C=N–C) groups is 1. The summed E-state index contributed by atoms with van der Waals surface area (Å²) in [5.74, 6) is 0.725. The van der Waals surface area contributed by atoms with Crippen molar-refractivity contribution in [3.05, 3.63) is 54.6 Å². The Morgan fingerprint density at radius 3 is 2.57 bits per heavy atom. The predicted octanol–water partition coefficient (Wildman–Crippen LogP) is 3.53. The number of hydrogen-bond acceptors (Lipinski definition) is 4. The predicted molar refractivity (Wildman–Crippen MR) is 82.3 cm³/mol. The van der Waals surface area contributed by atoms with Crippen LogP contribution in [0.3, 0.4) is 0 Å². The van der Waals surface area contributed by atoms with Gasteiger partial charge in [-0.2, -0.15) is 10.2 Å². The summed E-state index contributed by atoms with van der Waals surface area (Å²) in [5, 5.41) is 13.8. The van der Waals surface area contributed by atoms with Crippen LogP contribution in [0.25, 0.3) is 22.2 Å². The molecule has 1 aliphatic heterocycles. The van der Waals surface area contributed by atoms with Gasteiger partial charge in [-0.3, -0.25) is 4.68 Å². The lowest BCUT2D eigenvalue weighted by atomic mass is 10.1. The smallest absolute Gasteiger partial charge is 0.169 e. The summed E-state index contributed by atoms with van der Waals surface area (Å²) in [6.07, 6.45) is 0. The summed E-state index contributed by atoms with van der Waals surface area (Å²) in [4.78, 5) is 4.24. The number of amidine groups is 1. The van der Waals surface area contributed by atoms with Gasteiger partial charge in [-0.1, -0.05) is 48.5 Å². The molecule has 0 radical (unpaired) electrons. The Hall–Kier alpha value is -2.82. The molecule has 0 saturated heterocycles. The van der Waals surface area contributed by atoms with E-state index in [0.29, 0.717) is 13.2 Å². The van der Waals surface area contributed by atoms with Crippen molar-refractivity contribution in [2.75, 3.05) is 6.67 Å². The summed E-state index contributed by atoms with van der Waals surface area (Å²) in [5.41, 5.74) is 3.19. The average Bonchev–Trinajstić information content (AvgIpc) is 3.17. The van der Waals surface area contributed by atoms with Gasteiger partial charge in [0.2, 0.25) is 0 Å². The van der Waals surface area contributed by atoms with E-state index >= 15 is 0 Å². The Balaban J connectivity index is 1.86. The molecule has 3 aromatic rings. The van der Waals surface area contributed by atoms with Gasteiger partial charge in [-0.15, -0.1) is 5.11 Å². The standard InChI is InChI=1S/C16H13N5/c1-2-6-12(7-3-1)16-13-8-4-5-9-14(13)21(20-16)10-15-17-11-18-19-15/h1-9H,10-11H2. The Morgan fingerprint density at radius 1 is 0.952 bits per heavy atom. The van der Waals surface area contributed by atoms with Gasteiger partial charge in [0.05, 0.1) is 5.52 Å². The molecule has 0 bridgehead atoms. The molecule has 102 valence electrons. The summed E-state index contributed by atoms with van der Waals surface area (Å²) in [7, 11) is 0. The molecule has 0 atom stereocenters. The quantitative estimate of drug-likeness (QED) is 0.721. The van der Waals surface area contributed by atoms with Gasteiger partial charge in [0.25, 0.3) is 0 Å². The minimum Gasteiger partial charge on any atom is -0.257 e. The molecule has 0 fully saturated rings. The highest BCUT2D eigenvalue weighted by Gasteiger charge is 2.13. The van der Waals surface area contributed by atoms with Gasteiger partial charge in [-0.05, 0) is 6.07 Å². The van der Waals surface area contributed by atoms with Crippen LogP contribution >= 0.6 is 0 Å². The first-order valence-corrected chi connectivity index (χ1v) is 6.83. The number of azo groups is 1. The van der Waals surface area contributed by atoms with Crippen LogP contribution in [0, 0.1) is 0 Å². The maximum Gasteiger partial charge on any atom is 0.169 e. The molecule has 2 heterocycles. The Kier molecular flexibility index (Phi) is 2.81. The van der Waals surface area contributed by atoms with Gasteiger partial charge < -0.3 is 0 Å². The molecule has 5 heteroatoms. The van der Waals surface area contributed by atoms with Crippen molar-refractivity contribution >= 4 is 16.7 Å². The summed E-state index contributed by atoms with van der Waals surface area (Å²) in [6.45, 7) is 0.983. The molecule has 1 aliphatic rings. The van der Waals surface area contributed by atoms with Crippen molar-refractivity contribution in [1.29, 1.82) is 0 Å². The number of para-hydroxylation sites is 1. The van der Waals surface area contributed by atoms with E-state index in [2.05, 4.69) is 39.5 Å². The second kappa shape index (κ2) is 4.94. The highest BCUT2D eigenvalue weighted by Crippen LogP contribution is 2.27. The minimum absolute atomic E-state index is 0.431. The zero-order valence-corrected chi connectivity index (χ0v) is 11.3. The molecule has 0 unspecified atom stereocenters. The van der Waals surface area contributed by atoms with Crippen molar-refractivity contribution in [3.8, 4) is 11.3 Å². The van der Waals surface area contributed by atoms with Gasteiger partial charge in [0.15, 0.2) is 12.5 Å². The first-order valence-electron chi connectivity index (χ1n) is 6.83. The molecule has 0 amide bonds. The van der Waals surface area contributed by atoms with E-state index in [9.17, 15) is 0 Å². The number of nitrogens with zero attached hydrogens (tertiary/aromatic N) is 5. The van der Waals surface area contributed by atoms with Crippen molar-refractivity contribution in [2.45, 2.75) is 6.54 Å². The molecule has 21 heavy (non-hydrogen) atoms. The van der Waals surface area contributed by atoms with E-state index in [1.54, 1.807) is 0 Å². The van der Waals surface area contributed by atoms with Gasteiger partial charge >= 0.3 is 0 Å². The minimum atomic E-state index is 0.431. The lowest BCUT2D eigenvalue weighted by Gasteiger charge is -1.99. The highest BCUT2D eigenvalue weighted by molar-refractivity contribution is 5.94. The monoisotopic (exact) mass is 275 g/mol. The second-order valence-electron chi connectivity index (χ2n) is 4.85. The Morgan fingerprint density at radius 2 is 1.76 bits per heavy atom. The molecule has 0 spiro atoms. The van der Waals surface area contributed by atoms with Crippen molar-refractivity contribution in [1.82, 2.24) is 9.78 Å². The third kappa shape index (κ3) is 2.12. The van der Waals surface area contributed by atoms with Crippen LogP contribution in [0.5, 0.6) is 0 Å². The summed E-state index contributed by atoms with van der Waals surface area (Å²) >= 11 is 0. The fourth-order valence-electron chi connectivity index (χ4n) is 2.53. The van der Waals surface area contributed by atoms with Crippen LogP contribution in [0.15, 0.2) is 69.8 Å². The lowest BCUT2D eigenvalue weighted by molar-refractivity contribution is 0.750. The van der Waals surface area contributed by atoms with Crippen LogP contribution in [0.1, 0.15) is 0 Å². The van der Waals surface area contributed by atoms with E-state index < -0.39 is 0 Å². The van der Waals surface area contributed by atoms with E-state index in [1.165, 1.54) is 0 Å². The normalized spacial score (nSPS) is 13.8. The zero-order valence-electron chi connectivity index (χ0n) is 11.3. The van der Waals surface area contributed by atoms with E-state index in [4.69, 9.17) is 5.10 Å². The molecule has 4 rings (SSSR count). The molecule has 5 nitrogen and oxygen atoms in total. The van der Waals surface area contributed by atoms with Crippen molar-refractivity contribution < 1.29 is 0 Å². The summed E-state index contributed by atoms with van der Waals surface area (Å²) in [6, 6.07) is 18.4. The van der Waals surface area contributed by atoms with Crippen LogP contribution < -0.4 is 0 Å². The maximum atomic E-state index is 4.76. The van der Waals surface area contributed by atoms with Gasteiger partial charge in [-0.25, -0.2) is 4.99 Å². The molecule has 2 aromatic carbocycles. The highest BCUT2D eigenvalue weighted by atomic mass is 15.3.